The summed E-state index contributed by atoms with van der Waals surface area (Å²) in [6.07, 6.45) is 12.0. The van der Waals surface area contributed by atoms with Gasteiger partial charge in [0.05, 0.1) is 18.3 Å². The van der Waals surface area contributed by atoms with E-state index < -0.39 is 5.60 Å². The molecule has 0 amide bonds. The number of rotatable bonds is 5. The fourth-order valence-electron chi connectivity index (χ4n) is 9.09. The van der Waals surface area contributed by atoms with E-state index in [9.17, 15) is 10.2 Å². The van der Waals surface area contributed by atoms with E-state index in [-0.39, 0.29) is 6.10 Å². The molecule has 0 bridgehead atoms. The lowest BCUT2D eigenvalue weighted by molar-refractivity contribution is -0.174. The van der Waals surface area contributed by atoms with Crippen LogP contribution in [0.3, 0.4) is 0 Å². The van der Waals surface area contributed by atoms with Crippen LogP contribution in [0.5, 0.6) is 0 Å². The molecule has 4 rings (SSSR count). The van der Waals surface area contributed by atoms with Crippen LogP contribution in [0.25, 0.3) is 0 Å². The van der Waals surface area contributed by atoms with E-state index in [1.54, 1.807) is 0 Å². The van der Waals surface area contributed by atoms with Crippen molar-refractivity contribution in [3.05, 3.63) is 0 Å². The zero-order chi connectivity index (χ0) is 20.2. The molecule has 0 heterocycles. The van der Waals surface area contributed by atoms with Crippen LogP contribution >= 0.6 is 0 Å². The highest BCUT2D eigenvalue weighted by molar-refractivity contribution is 5.11. The van der Waals surface area contributed by atoms with Gasteiger partial charge in [0.1, 0.15) is 0 Å². The standard InChI is InChI=1S/C25H44O3/c1-5-25-14-13-24(27,16-28-6-2)15-18(25)7-8-19-21-10-9-20(17(3)26)23(21,4)12-11-22(19)25/h17-22,26-27H,5-16H2,1-4H3/t17?,18-,19+,20-,21+,22+,23-,24-,25+/m1/s1. The maximum atomic E-state index is 11.2. The molecule has 2 N–H and O–H groups in total. The summed E-state index contributed by atoms with van der Waals surface area (Å²) in [6, 6.07) is 0. The van der Waals surface area contributed by atoms with Crippen LogP contribution in [0.2, 0.25) is 0 Å². The second-order valence-electron chi connectivity index (χ2n) is 11.3. The van der Waals surface area contributed by atoms with Gasteiger partial charge in [-0.05, 0) is 118 Å². The molecule has 0 saturated heterocycles. The highest BCUT2D eigenvalue weighted by Gasteiger charge is 2.62. The van der Waals surface area contributed by atoms with Crippen LogP contribution in [0.1, 0.15) is 91.9 Å². The summed E-state index contributed by atoms with van der Waals surface area (Å²) in [7, 11) is 0. The predicted molar refractivity (Wildman–Crippen MR) is 113 cm³/mol. The molecule has 0 radical (unpaired) electrons. The van der Waals surface area contributed by atoms with Crippen LogP contribution in [-0.4, -0.2) is 35.1 Å². The molecular formula is C25H44O3. The summed E-state index contributed by atoms with van der Waals surface area (Å²) >= 11 is 0. The van der Waals surface area contributed by atoms with Crippen molar-refractivity contribution in [1.29, 1.82) is 0 Å². The van der Waals surface area contributed by atoms with Gasteiger partial charge >= 0.3 is 0 Å². The summed E-state index contributed by atoms with van der Waals surface area (Å²) < 4.78 is 5.66. The molecule has 0 spiro atoms. The van der Waals surface area contributed by atoms with Crippen LogP contribution in [-0.2, 0) is 4.74 Å². The van der Waals surface area contributed by atoms with Gasteiger partial charge in [-0.15, -0.1) is 0 Å². The average Bonchev–Trinajstić information content (AvgIpc) is 3.03. The van der Waals surface area contributed by atoms with Gasteiger partial charge in [0.2, 0.25) is 0 Å². The van der Waals surface area contributed by atoms with Crippen molar-refractivity contribution < 1.29 is 14.9 Å². The number of hydrogen-bond donors (Lipinski definition) is 2. The van der Waals surface area contributed by atoms with Gasteiger partial charge < -0.3 is 14.9 Å². The highest BCUT2D eigenvalue weighted by atomic mass is 16.5. The Hall–Kier alpha value is -0.120. The van der Waals surface area contributed by atoms with E-state index in [1.165, 1.54) is 51.4 Å². The maximum absolute atomic E-state index is 11.2. The van der Waals surface area contributed by atoms with E-state index in [4.69, 9.17) is 4.74 Å². The summed E-state index contributed by atoms with van der Waals surface area (Å²) in [5.74, 6) is 3.64. The molecular weight excluding hydrogens is 348 g/mol. The summed E-state index contributed by atoms with van der Waals surface area (Å²) in [6.45, 7) is 10.2. The molecule has 3 nitrogen and oxygen atoms in total. The topological polar surface area (TPSA) is 49.7 Å². The van der Waals surface area contributed by atoms with E-state index in [1.807, 2.05) is 13.8 Å². The average molecular weight is 393 g/mol. The molecule has 0 aliphatic heterocycles. The molecule has 4 fully saturated rings. The Kier molecular flexibility index (Phi) is 5.69. The first-order valence-corrected chi connectivity index (χ1v) is 12.3. The number of ether oxygens (including phenoxy) is 1. The molecule has 4 aliphatic rings. The van der Waals surface area contributed by atoms with E-state index >= 15 is 0 Å². The molecule has 0 aromatic rings. The molecule has 4 saturated carbocycles. The fraction of sp³-hybridized carbons (Fsp3) is 1.00. The summed E-state index contributed by atoms with van der Waals surface area (Å²) in [5, 5.41) is 21.6. The minimum atomic E-state index is -0.597. The van der Waals surface area contributed by atoms with E-state index in [0.717, 1.165) is 30.6 Å². The minimum absolute atomic E-state index is 0.161. The highest BCUT2D eigenvalue weighted by Crippen LogP contribution is 2.69. The molecule has 0 aromatic carbocycles. The van der Waals surface area contributed by atoms with Gasteiger partial charge in [0.25, 0.3) is 0 Å². The normalized spacial score (nSPS) is 51.9. The van der Waals surface area contributed by atoms with E-state index in [0.29, 0.717) is 35.9 Å². The lowest BCUT2D eigenvalue weighted by Crippen LogP contribution is -2.57. The van der Waals surface area contributed by atoms with Gasteiger partial charge in [0.15, 0.2) is 0 Å². The van der Waals surface area contributed by atoms with Gasteiger partial charge in [-0.1, -0.05) is 13.8 Å². The number of aliphatic hydroxyl groups is 2. The Labute approximate surface area is 172 Å². The van der Waals surface area contributed by atoms with Crippen LogP contribution in [0.4, 0.5) is 0 Å². The molecule has 3 heteroatoms. The van der Waals surface area contributed by atoms with Crippen molar-refractivity contribution >= 4 is 0 Å². The molecule has 1 unspecified atom stereocenters. The smallest absolute Gasteiger partial charge is 0.0883 e. The third-order valence-corrected chi connectivity index (χ3v) is 10.4. The Balaban J connectivity index is 1.56. The Bertz CT molecular complexity index is 562. The molecule has 9 atom stereocenters. The summed E-state index contributed by atoms with van der Waals surface area (Å²) in [4.78, 5) is 0. The third-order valence-electron chi connectivity index (χ3n) is 10.4. The molecule has 4 aliphatic carbocycles. The zero-order valence-electron chi connectivity index (χ0n) is 18.8. The van der Waals surface area contributed by atoms with Crippen molar-refractivity contribution in [3.8, 4) is 0 Å². The van der Waals surface area contributed by atoms with Crippen molar-refractivity contribution in [2.45, 2.75) is 104 Å². The number of hydrogen-bond acceptors (Lipinski definition) is 3. The van der Waals surface area contributed by atoms with Crippen LogP contribution in [0, 0.1) is 40.4 Å². The lowest BCUT2D eigenvalue weighted by Gasteiger charge is -2.63. The Morgan fingerprint density at radius 3 is 2.46 bits per heavy atom. The molecule has 162 valence electrons. The SMILES string of the molecule is CCOC[C@@]1(O)CC[C@@]2(CC)[C@H](CC[C@H]3[C@@H]4CC[C@H](C(C)O)[C@@]4(C)CC[C@@H]32)C1. The van der Waals surface area contributed by atoms with Gasteiger partial charge in [-0.3, -0.25) is 0 Å². The lowest BCUT2D eigenvalue weighted by atomic mass is 9.42. The predicted octanol–water partition coefficient (Wildman–Crippen LogP) is 5.18. The van der Waals surface area contributed by atoms with Gasteiger partial charge in [0, 0.05) is 6.61 Å². The first-order chi connectivity index (χ1) is 13.3. The molecule has 0 aromatic heterocycles. The fourth-order valence-corrected chi connectivity index (χ4v) is 9.09. The third kappa shape index (κ3) is 3.10. The minimum Gasteiger partial charge on any atom is -0.393 e. The zero-order valence-corrected chi connectivity index (χ0v) is 18.8. The second-order valence-corrected chi connectivity index (χ2v) is 11.3. The quantitative estimate of drug-likeness (QED) is 0.677. The Morgan fingerprint density at radius 1 is 1.00 bits per heavy atom. The van der Waals surface area contributed by atoms with Crippen LogP contribution in [0.15, 0.2) is 0 Å². The molecule has 28 heavy (non-hydrogen) atoms. The maximum Gasteiger partial charge on any atom is 0.0883 e. The monoisotopic (exact) mass is 392 g/mol. The number of aliphatic hydroxyl groups excluding tert-OH is 1. The first-order valence-electron chi connectivity index (χ1n) is 12.3. The van der Waals surface area contributed by atoms with Crippen molar-refractivity contribution in [2.24, 2.45) is 40.4 Å². The largest absolute Gasteiger partial charge is 0.393 e. The first kappa shape index (κ1) is 21.1. The van der Waals surface area contributed by atoms with E-state index in [2.05, 4.69) is 13.8 Å². The number of fused-ring (bicyclic) bond motifs is 5. The Morgan fingerprint density at radius 2 is 1.79 bits per heavy atom. The van der Waals surface area contributed by atoms with Crippen LogP contribution < -0.4 is 0 Å². The van der Waals surface area contributed by atoms with Gasteiger partial charge in [-0.25, -0.2) is 0 Å². The second kappa shape index (κ2) is 7.54. The van der Waals surface area contributed by atoms with Crippen molar-refractivity contribution in [1.82, 2.24) is 0 Å². The summed E-state index contributed by atoms with van der Waals surface area (Å²) in [5.41, 5.74) is 0.188. The van der Waals surface area contributed by atoms with Crippen molar-refractivity contribution in [3.63, 3.8) is 0 Å². The van der Waals surface area contributed by atoms with Gasteiger partial charge in [-0.2, -0.15) is 0 Å². The van der Waals surface area contributed by atoms with Crippen molar-refractivity contribution in [2.75, 3.05) is 13.2 Å².